The van der Waals surface area contributed by atoms with Gasteiger partial charge in [0.15, 0.2) is 0 Å². The molecule has 0 bridgehead atoms. The molecule has 0 fully saturated rings. The first-order chi connectivity index (χ1) is 7.58. The van der Waals surface area contributed by atoms with Gasteiger partial charge in [0, 0.05) is 22.7 Å². The third kappa shape index (κ3) is 2.11. The lowest BCUT2D eigenvalue weighted by Gasteiger charge is -2.09. The zero-order valence-electron chi connectivity index (χ0n) is 8.85. The molecule has 0 radical (unpaired) electrons. The molecule has 4 heteroatoms. The number of carboxylic acids is 1. The van der Waals surface area contributed by atoms with E-state index in [2.05, 4.69) is 15.9 Å². The van der Waals surface area contributed by atoms with E-state index in [0.717, 1.165) is 15.4 Å². The van der Waals surface area contributed by atoms with E-state index in [1.807, 2.05) is 35.0 Å². The van der Waals surface area contributed by atoms with Crippen LogP contribution in [0.15, 0.2) is 34.9 Å². The van der Waals surface area contributed by atoms with Crippen LogP contribution >= 0.6 is 15.9 Å². The largest absolute Gasteiger partial charge is 0.481 e. The van der Waals surface area contributed by atoms with Crippen molar-refractivity contribution in [1.82, 2.24) is 4.57 Å². The predicted molar refractivity (Wildman–Crippen MR) is 66.4 cm³/mol. The number of hydrogen-bond acceptors (Lipinski definition) is 1. The standard InChI is InChI=1S/C12H12BrNO2/c1-8(12(15)16)7-14-5-4-9-2-3-10(13)6-11(9)14/h2-6,8H,7H2,1H3,(H,15,16). The van der Waals surface area contributed by atoms with Crippen molar-refractivity contribution in [2.45, 2.75) is 13.5 Å². The lowest BCUT2D eigenvalue weighted by atomic mass is 10.2. The van der Waals surface area contributed by atoms with E-state index in [0.29, 0.717) is 6.54 Å². The molecule has 2 aromatic rings. The number of carbonyl (C=O) groups is 1. The van der Waals surface area contributed by atoms with Gasteiger partial charge in [-0.15, -0.1) is 0 Å². The van der Waals surface area contributed by atoms with E-state index in [9.17, 15) is 4.79 Å². The highest BCUT2D eigenvalue weighted by Crippen LogP contribution is 2.21. The molecule has 2 rings (SSSR count). The number of rotatable bonds is 3. The van der Waals surface area contributed by atoms with E-state index < -0.39 is 5.97 Å². The van der Waals surface area contributed by atoms with Crippen molar-refractivity contribution in [1.29, 1.82) is 0 Å². The molecule has 0 saturated heterocycles. The second kappa shape index (κ2) is 4.29. The zero-order chi connectivity index (χ0) is 11.7. The summed E-state index contributed by atoms with van der Waals surface area (Å²) in [6.45, 7) is 2.21. The SMILES string of the molecule is CC(Cn1ccc2ccc(Br)cc21)C(=O)O. The van der Waals surface area contributed by atoms with E-state index in [4.69, 9.17) is 5.11 Å². The van der Waals surface area contributed by atoms with Crippen LogP contribution in [0.2, 0.25) is 0 Å². The summed E-state index contributed by atoms with van der Waals surface area (Å²) in [7, 11) is 0. The van der Waals surface area contributed by atoms with Crippen molar-refractivity contribution < 1.29 is 9.90 Å². The number of halogens is 1. The molecule has 16 heavy (non-hydrogen) atoms. The summed E-state index contributed by atoms with van der Waals surface area (Å²) in [5.41, 5.74) is 1.06. The maximum atomic E-state index is 10.8. The van der Waals surface area contributed by atoms with Crippen molar-refractivity contribution >= 4 is 32.8 Å². The minimum absolute atomic E-state index is 0.380. The summed E-state index contributed by atoms with van der Waals surface area (Å²) in [6.07, 6.45) is 1.93. The van der Waals surface area contributed by atoms with Gasteiger partial charge in [0.05, 0.1) is 5.92 Å². The highest BCUT2D eigenvalue weighted by molar-refractivity contribution is 9.10. The van der Waals surface area contributed by atoms with Crippen LogP contribution < -0.4 is 0 Å². The summed E-state index contributed by atoms with van der Waals surface area (Å²) in [5.74, 6) is -1.15. The van der Waals surface area contributed by atoms with Crippen LogP contribution in [0.1, 0.15) is 6.92 Å². The number of aromatic nitrogens is 1. The van der Waals surface area contributed by atoms with Gasteiger partial charge in [-0.1, -0.05) is 28.9 Å². The summed E-state index contributed by atoms with van der Waals surface area (Å²) >= 11 is 3.42. The Morgan fingerprint density at radius 3 is 2.94 bits per heavy atom. The lowest BCUT2D eigenvalue weighted by Crippen LogP contribution is -2.16. The first-order valence-corrected chi connectivity index (χ1v) is 5.84. The van der Waals surface area contributed by atoms with Crippen LogP contribution in [0.25, 0.3) is 10.9 Å². The Balaban J connectivity index is 2.37. The molecule has 0 aliphatic carbocycles. The predicted octanol–water partition coefficient (Wildman–Crippen LogP) is 3.12. The molecule has 1 unspecified atom stereocenters. The van der Waals surface area contributed by atoms with Gasteiger partial charge in [-0.3, -0.25) is 4.79 Å². The molecular formula is C12H12BrNO2. The molecule has 0 amide bonds. The van der Waals surface area contributed by atoms with Gasteiger partial charge in [-0.2, -0.15) is 0 Å². The van der Waals surface area contributed by atoms with Gasteiger partial charge in [0.1, 0.15) is 0 Å². The molecule has 1 aromatic heterocycles. The van der Waals surface area contributed by atoms with Crippen LogP contribution in [0.3, 0.4) is 0 Å². The molecular weight excluding hydrogens is 270 g/mol. The van der Waals surface area contributed by atoms with Crippen molar-refractivity contribution in [3.63, 3.8) is 0 Å². The molecule has 84 valence electrons. The highest BCUT2D eigenvalue weighted by atomic mass is 79.9. The van der Waals surface area contributed by atoms with Gasteiger partial charge in [-0.05, 0) is 23.6 Å². The number of fused-ring (bicyclic) bond motifs is 1. The second-order valence-electron chi connectivity index (χ2n) is 3.91. The maximum absolute atomic E-state index is 10.8. The summed E-state index contributed by atoms with van der Waals surface area (Å²) < 4.78 is 2.97. The van der Waals surface area contributed by atoms with Crippen LogP contribution in [0, 0.1) is 5.92 Å². The number of benzene rings is 1. The zero-order valence-corrected chi connectivity index (χ0v) is 10.4. The van der Waals surface area contributed by atoms with Crippen molar-refractivity contribution in [3.8, 4) is 0 Å². The first-order valence-electron chi connectivity index (χ1n) is 5.05. The van der Waals surface area contributed by atoms with E-state index in [1.54, 1.807) is 6.92 Å². The summed E-state index contributed by atoms with van der Waals surface area (Å²) in [4.78, 5) is 10.8. The Labute approximate surface area is 102 Å². The maximum Gasteiger partial charge on any atom is 0.308 e. The van der Waals surface area contributed by atoms with Crippen LogP contribution in [-0.4, -0.2) is 15.6 Å². The number of aliphatic carboxylic acids is 1. The van der Waals surface area contributed by atoms with E-state index in [1.165, 1.54) is 0 Å². The van der Waals surface area contributed by atoms with Crippen molar-refractivity contribution in [2.75, 3.05) is 0 Å². The van der Waals surface area contributed by atoms with Gasteiger partial charge in [-0.25, -0.2) is 0 Å². The van der Waals surface area contributed by atoms with Crippen LogP contribution in [0.4, 0.5) is 0 Å². The summed E-state index contributed by atoms with van der Waals surface area (Å²) in [5, 5.41) is 10.0. The normalized spacial score (nSPS) is 12.9. The molecule has 1 atom stereocenters. The molecule has 3 nitrogen and oxygen atoms in total. The van der Waals surface area contributed by atoms with Crippen molar-refractivity contribution in [3.05, 3.63) is 34.9 Å². The third-order valence-corrected chi connectivity index (χ3v) is 3.12. The van der Waals surface area contributed by atoms with E-state index >= 15 is 0 Å². The average molecular weight is 282 g/mol. The molecule has 1 heterocycles. The number of hydrogen-bond donors (Lipinski definition) is 1. The quantitative estimate of drug-likeness (QED) is 0.939. The fourth-order valence-electron chi connectivity index (χ4n) is 1.69. The number of nitrogens with zero attached hydrogens (tertiary/aromatic N) is 1. The smallest absolute Gasteiger partial charge is 0.308 e. The Morgan fingerprint density at radius 1 is 1.50 bits per heavy atom. The minimum Gasteiger partial charge on any atom is -0.481 e. The van der Waals surface area contributed by atoms with E-state index in [-0.39, 0.29) is 5.92 Å². The molecule has 1 aromatic carbocycles. The lowest BCUT2D eigenvalue weighted by molar-refractivity contribution is -0.141. The highest BCUT2D eigenvalue weighted by Gasteiger charge is 2.12. The first kappa shape index (κ1) is 11.2. The van der Waals surface area contributed by atoms with Gasteiger partial charge in [0.2, 0.25) is 0 Å². The molecule has 0 spiro atoms. The Kier molecular flexibility index (Phi) is 3.01. The average Bonchev–Trinajstić information content (AvgIpc) is 2.61. The second-order valence-corrected chi connectivity index (χ2v) is 4.83. The molecule has 1 N–H and O–H groups in total. The summed E-state index contributed by atoms with van der Waals surface area (Å²) in [6, 6.07) is 7.99. The fraction of sp³-hybridized carbons (Fsp3) is 0.250. The molecule has 0 aliphatic rings. The Hall–Kier alpha value is -1.29. The van der Waals surface area contributed by atoms with Crippen LogP contribution in [-0.2, 0) is 11.3 Å². The Bertz CT molecular complexity index is 533. The molecule has 0 saturated carbocycles. The van der Waals surface area contributed by atoms with Gasteiger partial charge in [0.25, 0.3) is 0 Å². The van der Waals surface area contributed by atoms with Crippen molar-refractivity contribution in [2.24, 2.45) is 5.92 Å². The Morgan fingerprint density at radius 2 is 2.25 bits per heavy atom. The van der Waals surface area contributed by atoms with Gasteiger partial charge < -0.3 is 9.67 Å². The number of carboxylic acid groups (broad SMARTS) is 1. The third-order valence-electron chi connectivity index (χ3n) is 2.63. The monoisotopic (exact) mass is 281 g/mol. The van der Waals surface area contributed by atoms with Gasteiger partial charge >= 0.3 is 5.97 Å². The topological polar surface area (TPSA) is 42.2 Å². The van der Waals surface area contributed by atoms with Crippen LogP contribution in [0.5, 0.6) is 0 Å². The minimum atomic E-state index is -0.767. The fourth-order valence-corrected chi connectivity index (χ4v) is 2.04. The molecule has 0 aliphatic heterocycles.